The number of esters is 1. The van der Waals surface area contributed by atoms with Crippen LogP contribution >= 0.6 is 11.3 Å². The molecule has 2 atom stereocenters. The van der Waals surface area contributed by atoms with Crippen molar-refractivity contribution in [2.75, 3.05) is 20.3 Å². The summed E-state index contributed by atoms with van der Waals surface area (Å²) >= 11 is 1.41. The van der Waals surface area contributed by atoms with Crippen LogP contribution in [0.1, 0.15) is 66.4 Å². The zero-order valence-electron chi connectivity index (χ0n) is 19.9. The van der Waals surface area contributed by atoms with Gasteiger partial charge in [-0.15, -0.1) is 11.3 Å². The Labute approximate surface area is 208 Å². The van der Waals surface area contributed by atoms with Crippen LogP contribution in [0.15, 0.2) is 29.9 Å². The fourth-order valence-electron chi connectivity index (χ4n) is 4.20. The van der Waals surface area contributed by atoms with Gasteiger partial charge in [-0.3, -0.25) is 14.4 Å². The number of amides is 3. The monoisotopic (exact) mass is 504 g/mol. The second kappa shape index (κ2) is 12.6. The van der Waals surface area contributed by atoms with Gasteiger partial charge in [-0.25, -0.2) is 9.78 Å². The summed E-state index contributed by atoms with van der Waals surface area (Å²) in [4.78, 5) is 53.0. The van der Waals surface area contributed by atoms with Crippen molar-refractivity contribution in [1.82, 2.24) is 20.9 Å². The molecule has 1 aliphatic carbocycles. The number of ether oxygens (including phenoxy) is 2. The molecule has 2 heterocycles. The molecule has 1 saturated heterocycles. The fourth-order valence-corrected chi connectivity index (χ4v) is 5.17. The number of nitrogens with one attached hydrogen (secondary N) is 3. The second-order valence-corrected chi connectivity index (χ2v) is 9.61. The van der Waals surface area contributed by atoms with E-state index in [1.165, 1.54) is 11.3 Å². The van der Waals surface area contributed by atoms with E-state index in [2.05, 4.69) is 38.8 Å². The van der Waals surface area contributed by atoms with Crippen LogP contribution in [0.25, 0.3) is 0 Å². The van der Waals surface area contributed by atoms with Crippen molar-refractivity contribution < 1.29 is 28.7 Å². The maximum atomic E-state index is 12.6. The maximum absolute atomic E-state index is 12.6. The molecule has 2 aliphatic rings. The lowest BCUT2D eigenvalue weighted by Gasteiger charge is -2.24. The lowest BCUT2D eigenvalue weighted by atomic mass is 9.98. The van der Waals surface area contributed by atoms with Gasteiger partial charge in [0.2, 0.25) is 5.91 Å². The van der Waals surface area contributed by atoms with Crippen molar-refractivity contribution >= 4 is 35.0 Å². The number of hydrogen-bond acceptors (Lipinski definition) is 8. The molecule has 0 spiro atoms. The average molecular weight is 505 g/mol. The van der Waals surface area contributed by atoms with E-state index in [1.54, 1.807) is 5.38 Å². The van der Waals surface area contributed by atoms with Gasteiger partial charge < -0.3 is 25.4 Å². The average Bonchev–Trinajstić information content (AvgIpc) is 3.24. The molecule has 1 aromatic heterocycles. The highest BCUT2D eigenvalue weighted by molar-refractivity contribution is 7.09. The van der Waals surface area contributed by atoms with Crippen LogP contribution in [0.4, 0.5) is 0 Å². The van der Waals surface area contributed by atoms with Crippen LogP contribution in [-0.2, 0) is 23.9 Å². The van der Waals surface area contributed by atoms with Crippen molar-refractivity contribution in [2.24, 2.45) is 5.92 Å². The van der Waals surface area contributed by atoms with Crippen molar-refractivity contribution in [3.05, 3.63) is 40.6 Å². The van der Waals surface area contributed by atoms with Crippen molar-refractivity contribution in [3.8, 4) is 0 Å². The molecule has 2 fully saturated rings. The first-order valence-corrected chi connectivity index (χ1v) is 12.6. The van der Waals surface area contributed by atoms with Gasteiger partial charge in [0.15, 0.2) is 0 Å². The molecule has 3 rings (SSSR count). The Morgan fingerprint density at radius 2 is 1.77 bits per heavy atom. The number of thiazole rings is 1. The number of aromatic nitrogens is 1. The minimum atomic E-state index is -0.796. The predicted molar refractivity (Wildman–Crippen MR) is 129 cm³/mol. The minimum absolute atomic E-state index is 0.0400. The first kappa shape index (κ1) is 26.6. The summed E-state index contributed by atoms with van der Waals surface area (Å²) in [6, 6.07) is 0.152. The van der Waals surface area contributed by atoms with E-state index in [0.717, 1.165) is 57.1 Å². The van der Waals surface area contributed by atoms with Gasteiger partial charge in [0.1, 0.15) is 11.4 Å². The lowest BCUT2D eigenvalue weighted by molar-refractivity contribution is -0.137. The Morgan fingerprint density at radius 1 is 1.03 bits per heavy atom. The second-order valence-electron chi connectivity index (χ2n) is 8.73. The molecule has 35 heavy (non-hydrogen) atoms. The Kier molecular flexibility index (Phi) is 9.55. The number of rotatable bonds is 8. The molecular weight excluding hydrogens is 472 g/mol. The molecule has 3 amide bonds. The summed E-state index contributed by atoms with van der Waals surface area (Å²) < 4.78 is 9.80. The van der Waals surface area contributed by atoms with E-state index < -0.39 is 17.8 Å². The normalized spacial score (nSPS) is 20.7. The number of nitrogens with zero attached hydrogens (tertiary/aromatic N) is 1. The van der Waals surface area contributed by atoms with Crippen molar-refractivity contribution in [3.63, 3.8) is 0 Å². The van der Waals surface area contributed by atoms with E-state index in [4.69, 9.17) is 4.74 Å². The molecule has 0 aromatic carbocycles. The van der Waals surface area contributed by atoms with Gasteiger partial charge in [-0.05, 0) is 38.5 Å². The lowest BCUT2D eigenvalue weighted by Crippen LogP contribution is -2.40. The molecule has 11 heteroatoms. The van der Waals surface area contributed by atoms with Crippen LogP contribution in [0.5, 0.6) is 0 Å². The first-order chi connectivity index (χ1) is 16.8. The zero-order chi connectivity index (χ0) is 25.4. The number of methoxy groups -OCH3 is 1. The third-order valence-electron chi connectivity index (χ3n) is 6.25. The van der Waals surface area contributed by atoms with E-state index in [0.29, 0.717) is 13.2 Å². The minimum Gasteiger partial charge on any atom is -0.464 e. The molecule has 0 bridgehead atoms. The topological polar surface area (TPSA) is 136 Å². The van der Waals surface area contributed by atoms with Gasteiger partial charge in [0.25, 0.3) is 11.8 Å². The summed E-state index contributed by atoms with van der Waals surface area (Å²) in [5.74, 6) is -1.76. The van der Waals surface area contributed by atoms with Gasteiger partial charge in [0, 0.05) is 36.5 Å². The molecule has 1 saturated carbocycles. The Bertz CT molecular complexity index is 984. The summed E-state index contributed by atoms with van der Waals surface area (Å²) in [6.07, 6.45) is 6.11. The van der Waals surface area contributed by atoms with Crippen LogP contribution < -0.4 is 16.0 Å². The highest BCUT2D eigenvalue weighted by atomic mass is 32.1. The van der Waals surface area contributed by atoms with Crippen molar-refractivity contribution in [2.45, 2.75) is 56.9 Å². The van der Waals surface area contributed by atoms with E-state index in [1.807, 2.05) is 0 Å². The number of carbonyl (C=O) groups is 4. The number of hydrogen-bond donors (Lipinski definition) is 3. The highest BCUT2D eigenvalue weighted by Crippen LogP contribution is 2.33. The highest BCUT2D eigenvalue weighted by Gasteiger charge is 2.27. The van der Waals surface area contributed by atoms with Crippen molar-refractivity contribution in [1.29, 1.82) is 0 Å². The van der Waals surface area contributed by atoms with E-state index in [9.17, 15) is 19.2 Å². The third-order valence-corrected chi connectivity index (χ3v) is 7.25. The van der Waals surface area contributed by atoms with Gasteiger partial charge >= 0.3 is 5.97 Å². The van der Waals surface area contributed by atoms with Crippen LogP contribution in [0.3, 0.4) is 0 Å². The summed E-state index contributed by atoms with van der Waals surface area (Å²) in [6.45, 7) is 8.21. The smallest absolute Gasteiger partial charge is 0.353 e. The Morgan fingerprint density at radius 3 is 2.49 bits per heavy atom. The molecule has 10 nitrogen and oxygen atoms in total. The van der Waals surface area contributed by atoms with Crippen LogP contribution in [0.2, 0.25) is 0 Å². The SMILES string of the molecule is C=C(NC(=O)c1csc(C2CCC[C@H](NC(=O)C3CCOCC3)CC2)n1)C(=O)NC(=C)C(=O)OC. The van der Waals surface area contributed by atoms with E-state index in [-0.39, 0.29) is 40.9 Å². The molecule has 190 valence electrons. The maximum Gasteiger partial charge on any atom is 0.353 e. The van der Waals surface area contributed by atoms with Gasteiger partial charge in [0.05, 0.1) is 17.8 Å². The quantitative estimate of drug-likeness (QED) is 0.280. The van der Waals surface area contributed by atoms with Gasteiger partial charge in [-0.2, -0.15) is 0 Å². The molecule has 1 aliphatic heterocycles. The molecule has 3 N–H and O–H groups in total. The van der Waals surface area contributed by atoms with Crippen LogP contribution in [-0.4, -0.2) is 55.0 Å². The molecule has 0 radical (unpaired) electrons. The fraction of sp³-hybridized carbons (Fsp3) is 0.542. The third kappa shape index (κ3) is 7.46. The first-order valence-electron chi connectivity index (χ1n) is 11.7. The predicted octanol–water partition coefficient (Wildman–Crippen LogP) is 2.15. The largest absolute Gasteiger partial charge is 0.464 e. The number of carbonyl (C=O) groups excluding carboxylic acids is 4. The molecule has 1 aromatic rings. The Balaban J connectivity index is 1.49. The van der Waals surface area contributed by atoms with Gasteiger partial charge in [-0.1, -0.05) is 19.6 Å². The summed E-state index contributed by atoms with van der Waals surface area (Å²) in [5.41, 5.74) is -0.314. The molecular formula is C24H32N4O6S. The summed E-state index contributed by atoms with van der Waals surface area (Å²) in [7, 11) is 1.16. The Hall–Kier alpha value is -3.05. The zero-order valence-corrected chi connectivity index (χ0v) is 20.7. The van der Waals surface area contributed by atoms with E-state index >= 15 is 0 Å². The molecule has 1 unspecified atom stereocenters. The van der Waals surface area contributed by atoms with Crippen LogP contribution in [0, 0.1) is 5.92 Å². The standard InChI is InChI=1S/C24H32N4O6S/c1-14(20(29)26-15(2)24(32)33-3)25-22(31)19-13-35-23(28-19)17-5-4-6-18(8-7-17)27-21(30)16-9-11-34-12-10-16/h13,16-18H,1-2,4-12H2,3H3,(H,25,31)(H,26,29)(H,27,30)/t17?,18-/m0/s1. The summed E-state index contributed by atoms with van der Waals surface area (Å²) in [5, 5.41) is 10.3.